The van der Waals surface area contributed by atoms with Gasteiger partial charge in [0.25, 0.3) is 0 Å². The van der Waals surface area contributed by atoms with E-state index in [1.165, 1.54) is 5.56 Å². The molecule has 0 heterocycles. The maximum Gasteiger partial charge on any atom is 0.338 e. The fourth-order valence-electron chi connectivity index (χ4n) is 2.12. The Morgan fingerprint density at radius 2 is 1.58 bits per heavy atom. The van der Waals surface area contributed by atoms with Crippen molar-refractivity contribution in [1.29, 1.82) is 0 Å². The fraction of sp³-hybridized carbons (Fsp3) is 0.263. The molecular formula is C19H22N2O3. The minimum absolute atomic E-state index is 0.0847. The Balaban J connectivity index is 1.77. The second kappa shape index (κ2) is 8.72. The smallest absolute Gasteiger partial charge is 0.338 e. The molecule has 0 unspecified atom stereocenters. The summed E-state index contributed by atoms with van der Waals surface area (Å²) in [5, 5.41) is 6.01. The molecule has 2 rings (SSSR count). The van der Waals surface area contributed by atoms with E-state index in [2.05, 4.69) is 10.6 Å². The van der Waals surface area contributed by atoms with Crippen LogP contribution in [0.4, 0.5) is 11.4 Å². The Morgan fingerprint density at radius 1 is 0.958 bits per heavy atom. The number of anilines is 2. The van der Waals surface area contributed by atoms with Crippen LogP contribution < -0.4 is 10.6 Å². The Labute approximate surface area is 142 Å². The topological polar surface area (TPSA) is 67.4 Å². The number of ether oxygens (including phenoxy) is 1. The molecule has 24 heavy (non-hydrogen) atoms. The lowest BCUT2D eigenvalue weighted by Crippen LogP contribution is -2.16. The average molecular weight is 326 g/mol. The van der Waals surface area contributed by atoms with Crippen LogP contribution in [0.2, 0.25) is 0 Å². The van der Waals surface area contributed by atoms with Crippen molar-refractivity contribution >= 4 is 23.3 Å². The second-order valence-electron chi connectivity index (χ2n) is 5.39. The molecule has 0 fully saturated rings. The summed E-state index contributed by atoms with van der Waals surface area (Å²) in [4.78, 5) is 23.5. The first-order valence-corrected chi connectivity index (χ1v) is 7.96. The fourth-order valence-corrected chi connectivity index (χ4v) is 2.12. The highest BCUT2D eigenvalue weighted by Crippen LogP contribution is 2.12. The van der Waals surface area contributed by atoms with Gasteiger partial charge in [0, 0.05) is 24.3 Å². The van der Waals surface area contributed by atoms with Gasteiger partial charge in [0.05, 0.1) is 12.2 Å². The van der Waals surface area contributed by atoms with E-state index >= 15 is 0 Å². The molecule has 0 spiro atoms. The predicted octanol–water partition coefficient (Wildman–Crippen LogP) is 3.61. The third-order valence-electron chi connectivity index (χ3n) is 3.41. The van der Waals surface area contributed by atoms with E-state index in [-0.39, 0.29) is 11.9 Å². The third-order valence-corrected chi connectivity index (χ3v) is 3.41. The van der Waals surface area contributed by atoms with Gasteiger partial charge in [-0.25, -0.2) is 4.79 Å². The van der Waals surface area contributed by atoms with Crippen molar-refractivity contribution in [2.24, 2.45) is 0 Å². The molecular weight excluding hydrogens is 304 g/mol. The van der Waals surface area contributed by atoms with Gasteiger partial charge >= 0.3 is 5.97 Å². The van der Waals surface area contributed by atoms with E-state index < -0.39 is 0 Å². The first-order valence-electron chi connectivity index (χ1n) is 7.96. The summed E-state index contributed by atoms with van der Waals surface area (Å²) in [5.74, 6) is -0.448. The SMILES string of the molecule is CCOC(=O)c1ccc(NC(=O)CCNc2ccc(C)cc2)cc1. The summed E-state index contributed by atoms with van der Waals surface area (Å²) in [5.41, 5.74) is 3.32. The number of hydrogen-bond acceptors (Lipinski definition) is 4. The van der Waals surface area contributed by atoms with Gasteiger partial charge in [0.1, 0.15) is 0 Å². The molecule has 0 saturated carbocycles. The molecule has 0 aliphatic rings. The Bertz CT molecular complexity index is 679. The zero-order valence-electron chi connectivity index (χ0n) is 14.0. The molecule has 2 N–H and O–H groups in total. The highest BCUT2D eigenvalue weighted by molar-refractivity contribution is 5.93. The number of esters is 1. The standard InChI is InChI=1S/C19H22N2O3/c1-3-24-19(23)15-6-10-17(11-7-15)21-18(22)12-13-20-16-8-4-14(2)5-9-16/h4-11,20H,3,12-13H2,1-2H3,(H,21,22). The van der Waals surface area contributed by atoms with Crippen molar-refractivity contribution < 1.29 is 14.3 Å². The summed E-state index contributed by atoms with van der Waals surface area (Å²) >= 11 is 0. The van der Waals surface area contributed by atoms with Crippen molar-refractivity contribution in [2.75, 3.05) is 23.8 Å². The lowest BCUT2D eigenvalue weighted by molar-refractivity contribution is -0.115. The molecule has 1 amide bonds. The summed E-state index contributed by atoms with van der Waals surface area (Å²) < 4.78 is 4.92. The van der Waals surface area contributed by atoms with E-state index in [0.717, 1.165) is 5.69 Å². The summed E-state index contributed by atoms with van der Waals surface area (Å²) in [6, 6.07) is 14.7. The molecule has 0 aliphatic carbocycles. The number of hydrogen-bond donors (Lipinski definition) is 2. The third kappa shape index (κ3) is 5.43. The summed E-state index contributed by atoms with van der Waals surface area (Å²) in [6.07, 6.45) is 0.355. The molecule has 5 heteroatoms. The molecule has 0 saturated heterocycles. The predicted molar refractivity (Wildman–Crippen MR) is 95.3 cm³/mol. The highest BCUT2D eigenvalue weighted by Gasteiger charge is 2.07. The Kier molecular flexibility index (Phi) is 6.37. The quantitative estimate of drug-likeness (QED) is 0.763. The molecule has 126 valence electrons. The van der Waals surface area contributed by atoms with Crippen molar-refractivity contribution in [1.82, 2.24) is 0 Å². The molecule has 2 aromatic rings. The number of rotatable bonds is 7. The molecule has 2 aromatic carbocycles. The molecule has 0 radical (unpaired) electrons. The Morgan fingerprint density at radius 3 is 2.21 bits per heavy atom. The maximum atomic E-state index is 11.9. The van der Waals surface area contributed by atoms with Crippen molar-refractivity contribution in [3.8, 4) is 0 Å². The minimum Gasteiger partial charge on any atom is -0.462 e. The average Bonchev–Trinajstić information content (AvgIpc) is 2.57. The van der Waals surface area contributed by atoms with Gasteiger partial charge in [-0.1, -0.05) is 17.7 Å². The largest absolute Gasteiger partial charge is 0.462 e. The highest BCUT2D eigenvalue weighted by atomic mass is 16.5. The molecule has 0 aromatic heterocycles. The monoisotopic (exact) mass is 326 g/mol. The van der Waals surface area contributed by atoms with Crippen LogP contribution in [0.3, 0.4) is 0 Å². The number of carbonyl (C=O) groups excluding carboxylic acids is 2. The van der Waals surface area contributed by atoms with Crippen LogP contribution >= 0.6 is 0 Å². The first kappa shape index (κ1) is 17.5. The number of nitrogens with one attached hydrogen (secondary N) is 2. The van der Waals surface area contributed by atoms with Crippen LogP contribution in [0, 0.1) is 6.92 Å². The molecule has 0 bridgehead atoms. The zero-order valence-corrected chi connectivity index (χ0v) is 14.0. The first-order chi connectivity index (χ1) is 11.6. The number of aryl methyl sites for hydroxylation is 1. The van der Waals surface area contributed by atoms with Gasteiger partial charge in [-0.05, 0) is 50.2 Å². The van der Waals surface area contributed by atoms with Crippen LogP contribution in [-0.2, 0) is 9.53 Å². The van der Waals surface area contributed by atoms with Gasteiger partial charge in [0.2, 0.25) is 5.91 Å². The van der Waals surface area contributed by atoms with E-state index in [9.17, 15) is 9.59 Å². The lowest BCUT2D eigenvalue weighted by atomic mass is 10.2. The van der Waals surface area contributed by atoms with Gasteiger partial charge in [-0.3, -0.25) is 4.79 Å². The maximum absolute atomic E-state index is 11.9. The van der Waals surface area contributed by atoms with E-state index in [1.807, 2.05) is 31.2 Å². The van der Waals surface area contributed by atoms with Crippen molar-refractivity contribution in [2.45, 2.75) is 20.3 Å². The molecule has 0 atom stereocenters. The van der Waals surface area contributed by atoms with Gasteiger partial charge in [-0.2, -0.15) is 0 Å². The normalized spacial score (nSPS) is 10.1. The zero-order chi connectivity index (χ0) is 17.4. The van der Waals surface area contributed by atoms with E-state index in [1.54, 1.807) is 31.2 Å². The van der Waals surface area contributed by atoms with Crippen molar-refractivity contribution in [3.05, 3.63) is 59.7 Å². The minimum atomic E-state index is -0.363. The van der Waals surface area contributed by atoms with Gasteiger partial charge < -0.3 is 15.4 Å². The second-order valence-corrected chi connectivity index (χ2v) is 5.39. The molecule has 0 aliphatic heterocycles. The Hall–Kier alpha value is -2.82. The number of benzene rings is 2. The van der Waals surface area contributed by atoms with E-state index in [4.69, 9.17) is 4.74 Å². The summed E-state index contributed by atoms with van der Waals surface area (Å²) in [7, 11) is 0. The lowest BCUT2D eigenvalue weighted by Gasteiger charge is -2.08. The van der Waals surface area contributed by atoms with Gasteiger partial charge in [-0.15, -0.1) is 0 Å². The van der Waals surface area contributed by atoms with E-state index in [0.29, 0.717) is 30.8 Å². The van der Waals surface area contributed by atoms with Crippen LogP contribution in [0.5, 0.6) is 0 Å². The summed E-state index contributed by atoms with van der Waals surface area (Å²) in [6.45, 7) is 4.68. The van der Waals surface area contributed by atoms with Crippen LogP contribution in [0.25, 0.3) is 0 Å². The van der Waals surface area contributed by atoms with Crippen LogP contribution in [0.1, 0.15) is 29.3 Å². The molecule has 5 nitrogen and oxygen atoms in total. The van der Waals surface area contributed by atoms with Gasteiger partial charge in [0.15, 0.2) is 0 Å². The number of carbonyl (C=O) groups is 2. The van der Waals surface area contributed by atoms with Crippen LogP contribution in [0.15, 0.2) is 48.5 Å². The van der Waals surface area contributed by atoms with Crippen LogP contribution in [-0.4, -0.2) is 25.0 Å². The van der Waals surface area contributed by atoms with Crippen molar-refractivity contribution in [3.63, 3.8) is 0 Å². The number of amides is 1.